The van der Waals surface area contributed by atoms with Crippen LogP contribution in [0.1, 0.15) is 45.1 Å². The standard InChI is InChI=1S/C17H27NO/c1-3-10-19-17-9-5-7-15(11-17)12-18-13-16-8-4-6-14(16)2/h5,7,9,11,14,16,18H,3-4,6,8,10,12-13H2,1-2H3. The lowest BCUT2D eigenvalue weighted by atomic mass is 9.98. The van der Waals surface area contributed by atoms with E-state index in [0.717, 1.165) is 43.7 Å². The van der Waals surface area contributed by atoms with Crippen molar-refractivity contribution in [2.75, 3.05) is 13.2 Å². The van der Waals surface area contributed by atoms with Gasteiger partial charge in [-0.3, -0.25) is 0 Å². The van der Waals surface area contributed by atoms with Crippen molar-refractivity contribution in [3.05, 3.63) is 29.8 Å². The lowest BCUT2D eigenvalue weighted by Crippen LogP contribution is -2.23. The van der Waals surface area contributed by atoms with Crippen LogP contribution < -0.4 is 10.1 Å². The highest BCUT2D eigenvalue weighted by Crippen LogP contribution is 2.30. The third-order valence-electron chi connectivity index (χ3n) is 4.15. The molecule has 0 aliphatic heterocycles. The first kappa shape index (κ1) is 14.4. The summed E-state index contributed by atoms with van der Waals surface area (Å²) in [5.41, 5.74) is 1.32. The van der Waals surface area contributed by atoms with Gasteiger partial charge >= 0.3 is 0 Å². The van der Waals surface area contributed by atoms with Crippen molar-refractivity contribution in [2.24, 2.45) is 11.8 Å². The largest absolute Gasteiger partial charge is 0.494 e. The average molecular weight is 261 g/mol. The maximum absolute atomic E-state index is 5.66. The van der Waals surface area contributed by atoms with Crippen LogP contribution in [0.15, 0.2) is 24.3 Å². The lowest BCUT2D eigenvalue weighted by molar-refractivity contribution is 0.317. The Morgan fingerprint density at radius 3 is 2.95 bits per heavy atom. The Labute approximate surface area is 117 Å². The molecule has 1 aromatic rings. The van der Waals surface area contributed by atoms with Gasteiger partial charge in [0, 0.05) is 6.54 Å². The second-order valence-electron chi connectivity index (χ2n) is 5.80. The molecule has 2 atom stereocenters. The fraction of sp³-hybridized carbons (Fsp3) is 0.647. The fourth-order valence-corrected chi connectivity index (χ4v) is 2.89. The lowest BCUT2D eigenvalue weighted by Gasteiger charge is -2.16. The molecule has 2 rings (SSSR count). The van der Waals surface area contributed by atoms with Crippen LogP contribution in [-0.4, -0.2) is 13.2 Å². The Morgan fingerprint density at radius 2 is 2.21 bits per heavy atom. The Hall–Kier alpha value is -1.02. The van der Waals surface area contributed by atoms with Crippen LogP contribution in [0.25, 0.3) is 0 Å². The van der Waals surface area contributed by atoms with Crippen molar-refractivity contribution >= 4 is 0 Å². The van der Waals surface area contributed by atoms with E-state index in [1.807, 2.05) is 6.07 Å². The van der Waals surface area contributed by atoms with Crippen LogP contribution in [0.4, 0.5) is 0 Å². The predicted octanol–water partition coefficient (Wildman–Crippen LogP) is 4.00. The van der Waals surface area contributed by atoms with Crippen molar-refractivity contribution in [1.29, 1.82) is 0 Å². The monoisotopic (exact) mass is 261 g/mol. The van der Waals surface area contributed by atoms with Gasteiger partial charge in [0.05, 0.1) is 6.61 Å². The topological polar surface area (TPSA) is 21.3 Å². The zero-order chi connectivity index (χ0) is 13.5. The van der Waals surface area contributed by atoms with Crippen LogP contribution in [0.3, 0.4) is 0 Å². The van der Waals surface area contributed by atoms with Crippen molar-refractivity contribution in [2.45, 2.75) is 46.1 Å². The first-order valence-electron chi connectivity index (χ1n) is 7.72. The molecule has 1 fully saturated rings. The van der Waals surface area contributed by atoms with E-state index >= 15 is 0 Å². The molecule has 2 unspecified atom stereocenters. The van der Waals surface area contributed by atoms with Crippen LogP contribution in [0, 0.1) is 11.8 Å². The highest BCUT2D eigenvalue weighted by Gasteiger charge is 2.22. The molecule has 0 heterocycles. The molecule has 0 amide bonds. The molecule has 0 saturated heterocycles. The Balaban J connectivity index is 1.75. The molecule has 0 spiro atoms. The highest BCUT2D eigenvalue weighted by atomic mass is 16.5. The van der Waals surface area contributed by atoms with Gasteiger partial charge in [-0.15, -0.1) is 0 Å². The van der Waals surface area contributed by atoms with E-state index in [9.17, 15) is 0 Å². The van der Waals surface area contributed by atoms with E-state index in [1.165, 1.54) is 24.8 Å². The first-order chi connectivity index (χ1) is 9.29. The molecule has 0 aromatic heterocycles. The second-order valence-corrected chi connectivity index (χ2v) is 5.80. The summed E-state index contributed by atoms with van der Waals surface area (Å²) in [5.74, 6) is 2.77. The minimum atomic E-state index is 0.802. The number of hydrogen-bond acceptors (Lipinski definition) is 2. The molecule has 106 valence electrons. The summed E-state index contributed by atoms with van der Waals surface area (Å²) in [6.45, 7) is 7.43. The molecule has 1 saturated carbocycles. The maximum Gasteiger partial charge on any atom is 0.119 e. The van der Waals surface area contributed by atoms with E-state index in [0.29, 0.717) is 0 Å². The summed E-state index contributed by atoms with van der Waals surface area (Å²) in [5, 5.41) is 3.60. The Kier molecular flexibility index (Phi) is 5.71. The summed E-state index contributed by atoms with van der Waals surface area (Å²) >= 11 is 0. The molecule has 1 aliphatic carbocycles. The van der Waals surface area contributed by atoms with E-state index in [2.05, 4.69) is 37.4 Å². The number of rotatable bonds is 7. The molecule has 1 N–H and O–H groups in total. The molecule has 2 heteroatoms. The molecule has 2 nitrogen and oxygen atoms in total. The summed E-state index contributed by atoms with van der Waals surface area (Å²) in [6.07, 6.45) is 5.27. The van der Waals surface area contributed by atoms with Crippen molar-refractivity contribution in [1.82, 2.24) is 5.32 Å². The Morgan fingerprint density at radius 1 is 1.32 bits per heavy atom. The smallest absolute Gasteiger partial charge is 0.119 e. The minimum Gasteiger partial charge on any atom is -0.494 e. The zero-order valence-electron chi connectivity index (χ0n) is 12.3. The van der Waals surface area contributed by atoms with Gasteiger partial charge in [-0.25, -0.2) is 0 Å². The number of benzene rings is 1. The predicted molar refractivity (Wildman–Crippen MR) is 80.4 cm³/mol. The van der Waals surface area contributed by atoms with Crippen molar-refractivity contribution in [3.8, 4) is 5.75 Å². The van der Waals surface area contributed by atoms with Gasteiger partial charge < -0.3 is 10.1 Å². The van der Waals surface area contributed by atoms with Gasteiger partial charge in [0.15, 0.2) is 0 Å². The van der Waals surface area contributed by atoms with Gasteiger partial charge in [0.1, 0.15) is 5.75 Å². The SMILES string of the molecule is CCCOc1cccc(CNCC2CCCC2C)c1. The van der Waals surface area contributed by atoms with E-state index in [-0.39, 0.29) is 0 Å². The third kappa shape index (κ3) is 4.54. The van der Waals surface area contributed by atoms with Gasteiger partial charge in [0.25, 0.3) is 0 Å². The van der Waals surface area contributed by atoms with Crippen molar-refractivity contribution in [3.63, 3.8) is 0 Å². The first-order valence-corrected chi connectivity index (χ1v) is 7.72. The summed E-state index contributed by atoms with van der Waals surface area (Å²) < 4.78 is 5.66. The van der Waals surface area contributed by atoms with E-state index < -0.39 is 0 Å². The minimum absolute atomic E-state index is 0.802. The van der Waals surface area contributed by atoms with Crippen LogP contribution in [0.5, 0.6) is 5.75 Å². The highest BCUT2D eigenvalue weighted by molar-refractivity contribution is 5.28. The molecule has 0 bridgehead atoms. The van der Waals surface area contributed by atoms with E-state index in [1.54, 1.807) is 0 Å². The molecule has 19 heavy (non-hydrogen) atoms. The molecule has 1 aromatic carbocycles. The van der Waals surface area contributed by atoms with Crippen molar-refractivity contribution < 1.29 is 4.74 Å². The molecule has 1 aliphatic rings. The summed E-state index contributed by atoms with van der Waals surface area (Å²) in [6, 6.07) is 8.45. The quantitative estimate of drug-likeness (QED) is 0.801. The van der Waals surface area contributed by atoms with Crippen LogP contribution in [-0.2, 0) is 6.54 Å². The van der Waals surface area contributed by atoms with Crippen LogP contribution in [0.2, 0.25) is 0 Å². The molecule has 0 radical (unpaired) electrons. The van der Waals surface area contributed by atoms with Crippen LogP contribution >= 0.6 is 0 Å². The number of hydrogen-bond donors (Lipinski definition) is 1. The summed E-state index contributed by atoms with van der Waals surface area (Å²) in [7, 11) is 0. The molecular weight excluding hydrogens is 234 g/mol. The van der Waals surface area contributed by atoms with Gasteiger partial charge in [0.2, 0.25) is 0 Å². The number of ether oxygens (including phenoxy) is 1. The van der Waals surface area contributed by atoms with Gasteiger partial charge in [-0.1, -0.05) is 38.8 Å². The fourth-order valence-electron chi connectivity index (χ4n) is 2.89. The zero-order valence-corrected chi connectivity index (χ0v) is 12.3. The number of nitrogens with one attached hydrogen (secondary N) is 1. The third-order valence-corrected chi connectivity index (χ3v) is 4.15. The second kappa shape index (κ2) is 7.54. The Bertz CT molecular complexity index is 377. The normalized spacial score (nSPS) is 22.6. The average Bonchev–Trinajstić information content (AvgIpc) is 2.83. The molecular formula is C17H27NO. The van der Waals surface area contributed by atoms with E-state index in [4.69, 9.17) is 4.74 Å². The summed E-state index contributed by atoms with van der Waals surface area (Å²) in [4.78, 5) is 0. The van der Waals surface area contributed by atoms with Gasteiger partial charge in [-0.05, 0) is 48.9 Å². The van der Waals surface area contributed by atoms with Gasteiger partial charge in [-0.2, -0.15) is 0 Å². The maximum atomic E-state index is 5.66.